The number of nitrogens with one attached hydrogen (secondary N) is 1. The van der Waals surface area contributed by atoms with Gasteiger partial charge in [0.15, 0.2) is 0 Å². The van der Waals surface area contributed by atoms with E-state index in [4.69, 9.17) is 0 Å². The standard InChI is InChI=1S/C16H16BrF2N/c1-9-4-5-10(2)12(6-9)16(20-3)15-13(18)7-11(17)8-14(15)19/h4-8,16,20H,1-3H3. The van der Waals surface area contributed by atoms with Crippen LogP contribution in [0, 0.1) is 25.5 Å². The molecule has 1 N–H and O–H groups in total. The smallest absolute Gasteiger partial charge is 0.132 e. The molecule has 1 atom stereocenters. The Hall–Kier alpha value is -1.26. The van der Waals surface area contributed by atoms with Crippen LogP contribution < -0.4 is 5.32 Å². The number of halogens is 3. The van der Waals surface area contributed by atoms with Crippen molar-refractivity contribution < 1.29 is 8.78 Å². The lowest BCUT2D eigenvalue weighted by Crippen LogP contribution is -2.21. The van der Waals surface area contributed by atoms with Crippen LogP contribution in [0.25, 0.3) is 0 Å². The van der Waals surface area contributed by atoms with E-state index in [9.17, 15) is 8.78 Å². The monoisotopic (exact) mass is 339 g/mol. The molecule has 0 aliphatic rings. The van der Waals surface area contributed by atoms with E-state index in [1.807, 2.05) is 32.0 Å². The number of hydrogen-bond acceptors (Lipinski definition) is 1. The lowest BCUT2D eigenvalue weighted by atomic mass is 9.93. The molecule has 1 nitrogen and oxygen atoms in total. The van der Waals surface area contributed by atoms with Crippen molar-refractivity contribution in [3.05, 3.63) is 68.7 Å². The molecule has 0 bridgehead atoms. The van der Waals surface area contributed by atoms with E-state index in [2.05, 4.69) is 21.2 Å². The molecule has 0 heterocycles. The van der Waals surface area contributed by atoms with Crippen molar-refractivity contribution >= 4 is 15.9 Å². The highest BCUT2D eigenvalue weighted by Crippen LogP contribution is 2.31. The van der Waals surface area contributed by atoms with Gasteiger partial charge in [-0.05, 0) is 44.2 Å². The summed E-state index contributed by atoms with van der Waals surface area (Å²) in [5, 5.41) is 3.01. The van der Waals surface area contributed by atoms with Gasteiger partial charge in [0.05, 0.1) is 6.04 Å². The number of rotatable bonds is 3. The van der Waals surface area contributed by atoms with E-state index >= 15 is 0 Å². The van der Waals surface area contributed by atoms with Gasteiger partial charge in [0.25, 0.3) is 0 Å². The Morgan fingerprint density at radius 2 is 1.65 bits per heavy atom. The highest BCUT2D eigenvalue weighted by molar-refractivity contribution is 9.10. The van der Waals surface area contributed by atoms with Crippen LogP contribution in [0.5, 0.6) is 0 Å². The lowest BCUT2D eigenvalue weighted by molar-refractivity contribution is 0.520. The van der Waals surface area contributed by atoms with Gasteiger partial charge < -0.3 is 5.32 Å². The molecule has 4 heteroatoms. The normalized spacial score (nSPS) is 12.5. The highest BCUT2D eigenvalue weighted by atomic mass is 79.9. The lowest BCUT2D eigenvalue weighted by Gasteiger charge is -2.21. The Bertz CT molecular complexity index is 617. The molecule has 1 unspecified atom stereocenters. The summed E-state index contributed by atoms with van der Waals surface area (Å²) >= 11 is 3.10. The Kier molecular flexibility index (Phi) is 4.55. The molecule has 106 valence electrons. The predicted octanol–water partition coefficient (Wildman–Crippen LogP) is 4.65. The molecule has 0 aliphatic carbocycles. The molecule has 0 radical (unpaired) electrons. The molecule has 0 amide bonds. The maximum absolute atomic E-state index is 14.2. The van der Waals surface area contributed by atoms with Crippen LogP contribution in [0.1, 0.15) is 28.3 Å². The third kappa shape index (κ3) is 2.91. The Morgan fingerprint density at radius 3 is 2.20 bits per heavy atom. The second-order valence-electron chi connectivity index (χ2n) is 4.86. The first-order valence-electron chi connectivity index (χ1n) is 6.33. The Labute approximate surface area is 126 Å². The van der Waals surface area contributed by atoms with Gasteiger partial charge in [-0.25, -0.2) is 8.78 Å². The van der Waals surface area contributed by atoms with E-state index in [1.165, 1.54) is 12.1 Å². The minimum absolute atomic E-state index is 0.0457. The van der Waals surface area contributed by atoms with Crippen LogP contribution in [0.2, 0.25) is 0 Å². The Morgan fingerprint density at radius 1 is 1.05 bits per heavy atom. The number of aryl methyl sites for hydroxylation is 2. The summed E-state index contributed by atoms with van der Waals surface area (Å²) in [4.78, 5) is 0. The summed E-state index contributed by atoms with van der Waals surface area (Å²) in [7, 11) is 1.70. The van der Waals surface area contributed by atoms with Crippen molar-refractivity contribution in [3.8, 4) is 0 Å². The van der Waals surface area contributed by atoms with Crippen LogP contribution >= 0.6 is 15.9 Å². The summed E-state index contributed by atoms with van der Waals surface area (Å²) in [6.07, 6.45) is 0. The van der Waals surface area contributed by atoms with Crippen LogP contribution in [-0.4, -0.2) is 7.05 Å². The van der Waals surface area contributed by atoms with E-state index in [0.29, 0.717) is 4.47 Å². The summed E-state index contributed by atoms with van der Waals surface area (Å²) in [6.45, 7) is 3.90. The Balaban J connectivity index is 2.61. The van der Waals surface area contributed by atoms with E-state index in [-0.39, 0.29) is 5.56 Å². The summed E-state index contributed by atoms with van der Waals surface area (Å²) in [6, 6.07) is 7.96. The second-order valence-corrected chi connectivity index (χ2v) is 5.78. The van der Waals surface area contributed by atoms with Crippen LogP contribution in [0.3, 0.4) is 0 Å². The van der Waals surface area contributed by atoms with Gasteiger partial charge in [0.1, 0.15) is 11.6 Å². The van der Waals surface area contributed by atoms with Gasteiger partial charge in [-0.2, -0.15) is 0 Å². The molecular formula is C16H16BrF2N. The van der Waals surface area contributed by atoms with Gasteiger partial charge in [-0.1, -0.05) is 39.7 Å². The van der Waals surface area contributed by atoms with E-state index in [1.54, 1.807) is 7.05 Å². The molecule has 0 saturated carbocycles. The van der Waals surface area contributed by atoms with Gasteiger partial charge in [0.2, 0.25) is 0 Å². The van der Waals surface area contributed by atoms with Crippen molar-refractivity contribution in [3.63, 3.8) is 0 Å². The average molecular weight is 340 g/mol. The molecule has 0 aliphatic heterocycles. The van der Waals surface area contributed by atoms with Crippen molar-refractivity contribution in [2.24, 2.45) is 0 Å². The molecule has 0 aromatic heterocycles. The third-order valence-corrected chi connectivity index (χ3v) is 3.82. The van der Waals surface area contributed by atoms with Gasteiger partial charge >= 0.3 is 0 Å². The highest BCUT2D eigenvalue weighted by Gasteiger charge is 2.22. The van der Waals surface area contributed by atoms with Crippen molar-refractivity contribution in [2.75, 3.05) is 7.05 Å². The zero-order chi connectivity index (χ0) is 14.9. The van der Waals surface area contributed by atoms with Crippen molar-refractivity contribution in [2.45, 2.75) is 19.9 Å². The van der Waals surface area contributed by atoms with Gasteiger partial charge in [-0.15, -0.1) is 0 Å². The van der Waals surface area contributed by atoms with Crippen LogP contribution in [-0.2, 0) is 0 Å². The summed E-state index contributed by atoms with van der Waals surface area (Å²) in [5.41, 5.74) is 2.98. The van der Waals surface area contributed by atoms with E-state index in [0.717, 1.165) is 16.7 Å². The molecule has 2 aromatic rings. The summed E-state index contributed by atoms with van der Waals surface area (Å²) in [5.74, 6) is -1.12. The zero-order valence-electron chi connectivity index (χ0n) is 11.6. The number of benzene rings is 2. The first kappa shape index (κ1) is 15.1. The molecule has 0 saturated heterocycles. The first-order valence-corrected chi connectivity index (χ1v) is 7.12. The average Bonchev–Trinajstić information content (AvgIpc) is 2.37. The topological polar surface area (TPSA) is 12.0 Å². The largest absolute Gasteiger partial charge is 0.309 e. The third-order valence-electron chi connectivity index (χ3n) is 3.37. The minimum Gasteiger partial charge on any atom is -0.309 e. The fourth-order valence-electron chi connectivity index (χ4n) is 2.36. The second kappa shape index (κ2) is 6.02. The van der Waals surface area contributed by atoms with E-state index < -0.39 is 17.7 Å². The van der Waals surface area contributed by atoms with Crippen molar-refractivity contribution in [1.82, 2.24) is 5.32 Å². The molecule has 2 rings (SSSR count). The molecule has 0 fully saturated rings. The molecule has 0 spiro atoms. The molecule has 20 heavy (non-hydrogen) atoms. The van der Waals surface area contributed by atoms with Gasteiger partial charge in [-0.3, -0.25) is 0 Å². The predicted molar refractivity (Wildman–Crippen MR) is 80.9 cm³/mol. The molecule has 2 aromatic carbocycles. The minimum atomic E-state index is -0.558. The molecular weight excluding hydrogens is 324 g/mol. The number of hydrogen-bond donors (Lipinski definition) is 1. The van der Waals surface area contributed by atoms with Crippen LogP contribution in [0.4, 0.5) is 8.78 Å². The van der Waals surface area contributed by atoms with Crippen LogP contribution in [0.15, 0.2) is 34.8 Å². The summed E-state index contributed by atoms with van der Waals surface area (Å²) < 4.78 is 28.7. The first-order chi connectivity index (χ1) is 9.43. The maximum Gasteiger partial charge on any atom is 0.132 e. The quantitative estimate of drug-likeness (QED) is 0.857. The zero-order valence-corrected chi connectivity index (χ0v) is 13.2. The van der Waals surface area contributed by atoms with Gasteiger partial charge in [0, 0.05) is 10.0 Å². The SMILES string of the molecule is CNC(c1cc(C)ccc1C)c1c(F)cc(Br)cc1F. The fraction of sp³-hybridized carbons (Fsp3) is 0.250. The van der Waals surface area contributed by atoms with Crippen molar-refractivity contribution in [1.29, 1.82) is 0 Å². The maximum atomic E-state index is 14.2. The fourth-order valence-corrected chi connectivity index (χ4v) is 2.76.